The number of rotatable bonds is 6. The molecule has 0 spiro atoms. The third kappa shape index (κ3) is 4.15. The molecule has 16 heavy (non-hydrogen) atoms. The predicted molar refractivity (Wildman–Crippen MR) is 66.3 cm³/mol. The molecule has 0 unspecified atom stereocenters. The van der Waals surface area contributed by atoms with Crippen molar-refractivity contribution in [1.82, 2.24) is 0 Å². The molecule has 0 aliphatic heterocycles. The summed E-state index contributed by atoms with van der Waals surface area (Å²) in [5.74, 6) is -0.0533. The van der Waals surface area contributed by atoms with Gasteiger partial charge in [-0.25, -0.2) is 0 Å². The summed E-state index contributed by atoms with van der Waals surface area (Å²) in [4.78, 5) is 11.1. The number of carbonyl (C=O) groups excluding carboxylic acids is 1. The molecule has 0 radical (unpaired) electrons. The van der Waals surface area contributed by atoms with Crippen molar-refractivity contribution in [3.63, 3.8) is 0 Å². The van der Waals surface area contributed by atoms with Gasteiger partial charge in [-0.15, -0.1) is 0 Å². The lowest BCUT2D eigenvalue weighted by molar-refractivity contribution is -0.144. The maximum atomic E-state index is 11.1. The number of hydrogen-bond acceptors (Lipinski definition) is 2. The Morgan fingerprint density at radius 3 is 2.38 bits per heavy atom. The molecular weight excluding hydrogens is 200 g/mol. The maximum Gasteiger partial charge on any atom is 0.305 e. The second-order valence-electron chi connectivity index (χ2n) is 5.13. The van der Waals surface area contributed by atoms with Crippen LogP contribution in [0.4, 0.5) is 0 Å². The monoisotopic (exact) mass is 226 g/mol. The summed E-state index contributed by atoms with van der Waals surface area (Å²) in [5, 5.41) is 0. The van der Waals surface area contributed by atoms with Crippen LogP contribution < -0.4 is 0 Å². The lowest BCUT2D eigenvalue weighted by atomic mass is 9.69. The number of ether oxygens (including phenoxy) is 1. The minimum atomic E-state index is -0.0533. The Balaban J connectivity index is 2.35. The summed E-state index contributed by atoms with van der Waals surface area (Å²) in [6, 6.07) is 0. The predicted octanol–water partition coefficient (Wildman–Crippen LogP) is 4.08. The maximum absolute atomic E-state index is 11.1. The third-order valence-corrected chi connectivity index (χ3v) is 3.88. The first-order chi connectivity index (χ1) is 7.72. The molecule has 2 heteroatoms. The summed E-state index contributed by atoms with van der Waals surface area (Å²) in [7, 11) is 0. The third-order valence-electron chi connectivity index (χ3n) is 3.88. The number of carbonyl (C=O) groups is 1. The van der Waals surface area contributed by atoms with Gasteiger partial charge in [-0.2, -0.15) is 0 Å². The molecule has 0 bridgehead atoms. The largest absolute Gasteiger partial charge is 0.466 e. The van der Waals surface area contributed by atoms with E-state index in [1.165, 1.54) is 44.9 Å². The first-order valence-corrected chi connectivity index (χ1v) is 6.88. The molecule has 94 valence electrons. The van der Waals surface area contributed by atoms with Gasteiger partial charge in [0.25, 0.3) is 0 Å². The molecule has 0 aromatic heterocycles. The van der Waals surface area contributed by atoms with Gasteiger partial charge in [-0.05, 0) is 31.1 Å². The minimum Gasteiger partial charge on any atom is -0.466 e. The molecule has 0 saturated heterocycles. The fraction of sp³-hybridized carbons (Fsp3) is 0.929. The zero-order valence-electron chi connectivity index (χ0n) is 10.9. The number of esters is 1. The summed E-state index contributed by atoms with van der Waals surface area (Å²) >= 11 is 0. The molecule has 0 N–H and O–H groups in total. The molecule has 0 amide bonds. The Kier molecular flexibility index (Phi) is 5.86. The van der Waals surface area contributed by atoms with Crippen LogP contribution in [0.2, 0.25) is 0 Å². The van der Waals surface area contributed by atoms with Crippen LogP contribution in [0, 0.1) is 5.41 Å². The van der Waals surface area contributed by atoms with Crippen LogP contribution in [0.5, 0.6) is 0 Å². The van der Waals surface area contributed by atoms with Gasteiger partial charge in [0.15, 0.2) is 0 Å². The molecule has 1 aliphatic carbocycles. The van der Waals surface area contributed by atoms with E-state index in [1.807, 2.05) is 6.92 Å². The first-order valence-electron chi connectivity index (χ1n) is 6.88. The fourth-order valence-electron chi connectivity index (χ4n) is 2.94. The van der Waals surface area contributed by atoms with Crippen LogP contribution in [0.3, 0.4) is 0 Å². The van der Waals surface area contributed by atoms with Crippen LogP contribution in [-0.4, -0.2) is 12.6 Å². The average molecular weight is 226 g/mol. The van der Waals surface area contributed by atoms with Gasteiger partial charge in [0, 0.05) is 6.42 Å². The fourth-order valence-corrected chi connectivity index (χ4v) is 2.94. The van der Waals surface area contributed by atoms with E-state index in [-0.39, 0.29) is 5.97 Å². The Hall–Kier alpha value is -0.530. The van der Waals surface area contributed by atoms with E-state index in [1.54, 1.807) is 0 Å². The van der Waals surface area contributed by atoms with Gasteiger partial charge >= 0.3 is 5.97 Å². The van der Waals surface area contributed by atoms with Crippen molar-refractivity contribution in [2.75, 3.05) is 6.61 Å². The van der Waals surface area contributed by atoms with E-state index < -0.39 is 0 Å². The Morgan fingerprint density at radius 2 is 1.81 bits per heavy atom. The van der Waals surface area contributed by atoms with Crippen molar-refractivity contribution in [2.45, 2.75) is 71.6 Å². The second-order valence-corrected chi connectivity index (χ2v) is 5.13. The average Bonchev–Trinajstić information content (AvgIpc) is 2.30. The van der Waals surface area contributed by atoms with Crippen LogP contribution in [0.25, 0.3) is 0 Å². The quantitative estimate of drug-likeness (QED) is 0.638. The van der Waals surface area contributed by atoms with Gasteiger partial charge in [-0.3, -0.25) is 4.79 Å². The van der Waals surface area contributed by atoms with Gasteiger partial charge in [0.05, 0.1) is 6.61 Å². The molecule has 2 nitrogen and oxygen atoms in total. The molecule has 1 rings (SSSR count). The summed E-state index contributed by atoms with van der Waals surface area (Å²) in [6.07, 6.45) is 10.9. The summed E-state index contributed by atoms with van der Waals surface area (Å²) in [5.41, 5.74) is 0.487. The van der Waals surface area contributed by atoms with Crippen LogP contribution in [-0.2, 0) is 9.53 Å². The highest BCUT2D eigenvalue weighted by atomic mass is 16.5. The van der Waals surface area contributed by atoms with E-state index in [4.69, 9.17) is 4.74 Å². The van der Waals surface area contributed by atoms with E-state index in [0.717, 1.165) is 6.42 Å². The lowest BCUT2D eigenvalue weighted by Gasteiger charge is -2.37. The van der Waals surface area contributed by atoms with Gasteiger partial charge < -0.3 is 4.74 Å². The Morgan fingerprint density at radius 1 is 1.12 bits per heavy atom. The van der Waals surface area contributed by atoms with Crippen molar-refractivity contribution in [1.29, 1.82) is 0 Å². The van der Waals surface area contributed by atoms with Crippen molar-refractivity contribution < 1.29 is 9.53 Å². The zero-order valence-corrected chi connectivity index (χ0v) is 10.9. The molecule has 1 aliphatic rings. The van der Waals surface area contributed by atoms with Crippen molar-refractivity contribution in [3.8, 4) is 0 Å². The normalized spacial score (nSPS) is 19.4. The highest BCUT2D eigenvalue weighted by Gasteiger charge is 2.30. The molecule has 0 atom stereocenters. The molecule has 1 saturated carbocycles. The Labute approximate surface area is 99.8 Å². The molecule has 0 aromatic rings. The van der Waals surface area contributed by atoms with E-state index in [9.17, 15) is 4.79 Å². The topological polar surface area (TPSA) is 26.3 Å². The Bertz CT molecular complexity index is 199. The van der Waals surface area contributed by atoms with Crippen molar-refractivity contribution in [2.24, 2.45) is 5.41 Å². The zero-order chi connectivity index (χ0) is 11.9. The molecule has 0 heterocycles. The van der Waals surface area contributed by atoms with E-state index in [2.05, 4.69) is 6.92 Å². The van der Waals surface area contributed by atoms with Crippen LogP contribution >= 0.6 is 0 Å². The van der Waals surface area contributed by atoms with Crippen LogP contribution in [0.15, 0.2) is 0 Å². The smallest absolute Gasteiger partial charge is 0.305 e. The van der Waals surface area contributed by atoms with Gasteiger partial charge in [-0.1, -0.05) is 39.5 Å². The number of hydrogen-bond donors (Lipinski definition) is 0. The molecular formula is C14H26O2. The lowest BCUT2D eigenvalue weighted by Crippen LogP contribution is -2.26. The SMILES string of the molecule is CCCC1(CCOC(=O)CC)CCCCC1. The second kappa shape index (κ2) is 6.93. The standard InChI is InChI=1S/C14H26O2/c1-3-8-14(9-6-5-7-10-14)11-12-16-13(15)4-2/h3-12H2,1-2H3. The molecule has 0 aromatic carbocycles. The van der Waals surface area contributed by atoms with Gasteiger partial charge in [0.1, 0.15) is 0 Å². The minimum absolute atomic E-state index is 0.0533. The summed E-state index contributed by atoms with van der Waals surface area (Å²) in [6.45, 7) is 4.74. The highest BCUT2D eigenvalue weighted by molar-refractivity contribution is 5.68. The highest BCUT2D eigenvalue weighted by Crippen LogP contribution is 2.42. The van der Waals surface area contributed by atoms with E-state index >= 15 is 0 Å². The first kappa shape index (κ1) is 13.5. The van der Waals surface area contributed by atoms with Crippen LogP contribution in [0.1, 0.15) is 71.6 Å². The van der Waals surface area contributed by atoms with Gasteiger partial charge in [0.2, 0.25) is 0 Å². The molecule has 1 fully saturated rings. The van der Waals surface area contributed by atoms with Crippen molar-refractivity contribution in [3.05, 3.63) is 0 Å². The summed E-state index contributed by atoms with van der Waals surface area (Å²) < 4.78 is 5.23. The van der Waals surface area contributed by atoms with E-state index in [0.29, 0.717) is 18.4 Å². The van der Waals surface area contributed by atoms with Crippen molar-refractivity contribution >= 4 is 5.97 Å².